The lowest BCUT2D eigenvalue weighted by Crippen LogP contribution is -2.26. The minimum absolute atomic E-state index is 0.502. The molecule has 0 amide bonds. The number of benzene rings is 5. The molecular weight excluding hydrogens is 548 g/mol. The van der Waals surface area contributed by atoms with Crippen molar-refractivity contribution in [3.63, 3.8) is 0 Å². The zero-order valence-electron chi connectivity index (χ0n) is 24.3. The van der Waals surface area contributed by atoms with Gasteiger partial charge < -0.3 is 18.6 Å². The fourth-order valence-corrected chi connectivity index (χ4v) is 6.66. The van der Waals surface area contributed by atoms with E-state index in [2.05, 4.69) is 106 Å². The van der Waals surface area contributed by atoms with Gasteiger partial charge in [-0.15, -0.1) is 0 Å². The minimum atomic E-state index is 0.502. The van der Waals surface area contributed by atoms with Crippen molar-refractivity contribution in [2.75, 3.05) is 32.7 Å². The fourth-order valence-electron chi connectivity index (χ4n) is 6.66. The number of hydrogen-bond acceptors (Lipinski definition) is 8. The molecule has 7 aromatic rings. The molecular formula is C36H28N6O2. The average Bonchev–Trinajstić information content (AvgIpc) is 3.67. The second-order valence-corrected chi connectivity index (χ2v) is 10.9. The first kappa shape index (κ1) is 24.8. The molecule has 5 aromatic carbocycles. The predicted octanol–water partition coefficient (Wildman–Crippen LogP) is 9.85. The van der Waals surface area contributed by atoms with E-state index in [0.29, 0.717) is 34.2 Å². The van der Waals surface area contributed by atoms with E-state index in [1.807, 2.05) is 36.4 Å². The summed E-state index contributed by atoms with van der Waals surface area (Å²) in [6.07, 6.45) is 0. The highest BCUT2D eigenvalue weighted by molar-refractivity contribution is 6.00. The molecule has 2 aromatic heterocycles. The van der Waals surface area contributed by atoms with Crippen LogP contribution in [0.1, 0.15) is 13.8 Å². The van der Waals surface area contributed by atoms with Gasteiger partial charge in [0.2, 0.25) is 0 Å². The molecule has 2 aliphatic heterocycles. The lowest BCUT2D eigenvalue weighted by Gasteiger charge is -2.37. The largest absolute Gasteiger partial charge is 0.423 e. The third-order valence-corrected chi connectivity index (χ3v) is 8.54. The topological polar surface area (TPSA) is 65.0 Å². The van der Waals surface area contributed by atoms with E-state index in [9.17, 15) is 0 Å². The Kier molecular flexibility index (Phi) is 5.28. The number of nitrogens with zero attached hydrogens (tertiary/aromatic N) is 6. The third-order valence-electron chi connectivity index (χ3n) is 8.54. The molecule has 9 rings (SSSR count). The molecule has 0 saturated carbocycles. The summed E-state index contributed by atoms with van der Waals surface area (Å²) in [5.41, 5.74) is 11.2. The Morgan fingerprint density at radius 2 is 0.750 bits per heavy atom. The summed E-state index contributed by atoms with van der Waals surface area (Å²) in [4.78, 5) is 18.8. The van der Waals surface area contributed by atoms with E-state index in [4.69, 9.17) is 18.8 Å². The van der Waals surface area contributed by atoms with Crippen LogP contribution in [0.15, 0.2) is 118 Å². The van der Waals surface area contributed by atoms with Gasteiger partial charge in [-0.25, -0.2) is 0 Å². The minimum Gasteiger partial charge on any atom is -0.423 e. The van der Waals surface area contributed by atoms with E-state index in [-0.39, 0.29) is 0 Å². The summed E-state index contributed by atoms with van der Waals surface area (Å²) in [6.45, 7) is 6.03. The molecule has 0 aliphatic carbocycles. The second-order valence-electron chi connectivity index (χ2n) is 10.9. The molecule has 4 heterocycles. The van der Waals surface area contributed by atoms with Gasteiger partial charge in [0.05, 0.1) is 45.5 Å². The molecule has 0 radical (unpaired) electrons. The SMILES string of the molecule is CCN1c2ccccc2N(c2nc3cc4oc(N5c6ccccc6N(CC)c6ccccc65)nc4cc3o2)c2ccccc21. The van der Waals surface area contributed by atoms with Crippen LogP contribution in [0.2, 0.25) is 0 Å². The predicted molar refractivity (Wildman–Crippen MR) is 176 cm³/mol. The number of hydrogen-bond donors (Lipinski definition) is 0. The van der Waals surface area contributed by atoms with Gasteiger partial charge in [-0.1, -0.05) is 48.5 Å². The highest BCUT2D eigenvalue weighted by Crippen LogP contribution is 2.53. The molecule has 0 N–H and O–H groups in total. The van der Waals surface area contributed by atoms with Crippen molar-refractivity contribution in [2.45, 2.75) is 13.8 Å². The highest BCUT2D eigenvalue weighted by atomic mass is 16.4. The Morgan fingerprint density at radius 1 is 0.455 bits per heavy atom. The van der Waals surface area contributed by atoms with Crippen LogP contribution >= 0.6 is 0 Å². The summed E-state index contributed by atoms with van der Waals surface area (Å²) in [7, 11) is 0. The first-order valence-electron chi connectivity index (χ1n) is 15.0. The summed E-state index contributed by atoms with van der Waals surface area (Å²) >= 11 is 0. The number of para-hydroxylation sites is 8. The van der Waals surface area contributed by atoms with Crippen molar-refractivity contribution in [1.82, 2.24) is 9.97 Å². The zero-order valence-corrected chi connectivity index (χ0v) is 24.3. The lowest BCUT2D eigenvalue weighted by atomic mass is 10.1. The summed E-state index contributed by atoms with van der Waals surface area (Å²) < 4.78 is 13.0. The van der Waals surface area contributed by atoms with Crippen molar-refractivity contribution >= 4 is 79.7 Å². The van der Waals surface area contributed by atoms with Gasteiger partial charge in [-0.3, -0.25) is 9.80 Å². The highest BCUT2D eigenvalue weighted by Gasteiger charge is 2.33. The first-order valence-corrected chi connectivity index (χ1v) is 15.0. The third kappa shape index (κ3) is 3.45. The first-order chi connectivity index (χ1) is 21.7. The molecule has 0 atom stereocenters. The van der Waals surface area contributed by atoms with E-state index >= 15 is 0 Å². The van der Waals surface area contributed by atoms with E-state index in [1.54, 1.807) is 0 Å². The molecule has 0 saturated heterocycles. The van der Waals surface area contributed by atoms with Crippen molar-refractivity contribution in [1.29, 1.82) is 0 Å². The summed E-state index contributed by atoms with van der Waals surface area (Å²) in [6, 6.07) is 38.3. The molecule has 0 spiro atoms. The van der Waals surface area contributed by atoms with Gasteiger partial charge in [0.1, 0.15) is 11.0 Å². The van der Waals surface area contributed by atoms with Crippen molar-refractivity contribution in [3.05, 3.63) is 109 Å². The molecule has 8 heteroatoms. The van der Waals surface area contributed by atoms with Crippen LogP contribution in [0.5, 0.6) is 0 Å². The van der Waals surface area contributed by atoms with Crippen LogP contribution in [0, 0.1) is 0 Å². The Morgan fingerprint density at radius 3 is 1.05 bits per heavy atom. The van der Waals surface area contributed by atoms with Crippen LogP contribution in [-0.4, -0.2) is 23.1 Å². The molecule has 0 unspecified atom stereocenters. The van der Waals surface area contributed by atoms with Crippen LogP contribution in [0.4, 0.5) is 57.5 Å². The van der Waals surface area contributed by atoms with E-state index in [0.717, 1.165) is 58.6 Å². The fraction of sp³-hybridized carbons (Fsp3) is 0.111. The lowest BCUT2D eigenvalue weighted by molar-refractivity contribution is 0.606. The average molecular weight is 577 g/mol. The number of rotatable bonds is 4. The van der Waals surface area contributed by atoms with E-state index in [1.165, 1.54) is 0 Å². The maximum atomic E-state index is 6.49. The van der Waals surface area contributed by atoms with E-state index < -0.39 is 0 Å². The number of fused-ring (bicyclic) bond motifs is 6. The molecule has 2 aliphatic rings. The molecule has 44 heavy (non-hydrogen) atoms. The monoisotopic (exact) mass is 576 g/mol. The Bertz CT molecular complexity index is 1920. The van der Waals surface area contributed by atoms with Crippen LogP contribution in [-0.2, 0) is 0 Å². The van der Waals surface area contributed by atoms with Gasteiger partial charge in [-0.2, -0.15) is 9.97 Å². The smallest absolute Gasteiger partial charge is 0.307 e. The Labute approximate surface area is 254 Å². The molecule has 214 valence electrons. The maximum absolute atomic E-state index is 6.49. The number of oxazole rings is 2. The van der Waals surface area contributed by atoms with Crippen molar-refractivity contribution < 1.29 is 8.83 Å². The number of anilines is 10. The van der Waals surface area contributed by atoms with Crippen molar-refractivity contribution in [3.8, 4) is 0 Å². The van der Waals surface area contributed by atoms with Gasteiger partial charge in [0.15, 0.2) is 11.2 Å². The standard InChI is InChI=1S/C36H28N6O2/c1-3-39-25-13-5-9-17-29(25)41(30-18-10-6-14-26(30)39)35-37-23-21-34-24(22-33(23)43-35)38-36(44-34)42-31-19-11-7-15-27(31)40(4-2)28-16-8-12-20-32(28)42/h5-22H,3-4H2,1-2H3. The van der Waals surface area contributed by atoms with Gasteiger partial charge in [-0.05, 0) is 62.4 Å². The molecule has 0 bridgehead atoms. The van der Waals surface area contributed by atoms with Crippen LogP contribution in [0.25, 0.3) is 22.2 Å². The van der Waals surface area contributed by atoms with Gasteiger partial charge >= 0.3 is 12.0 Å². The normalized spacial score (nSPS) is 13.7. The van der Waals surface area contributed by atoms with Crippen LogP contribution < -0.4 is 19.6 Å². The van der Waals surface area contributed by atoms with Gasteiger partial charge in [0.25, 0.3) is 0 Å². The molecule has 8 nitrogen and oxygen atoms in total. The Hall–Kier alpha value is -5.76. The maximum Gasteiger partial charge on any atom is 0.307 e. The summed E-state index contributed by atoms with van der Waals surface area (Å²) in [5, 5.41) is 0. The summed E-state index contributed by atoms with van der Waals surface area (Å²) in [5.74, 6) is 0. The second kappa shape index (κ2) is 9.37. The quantitative estimate of drug-likeness (QED) is 0.205. The zero-order chi connectivity index (χ0) is 29.4. The number of aromatic nitrogens is 2. The van der Waals surface area contributed by atoms with Crippen molar-refractivity contribution in [2.24, 2.45) is 0 Å². The Balaban J connectivity index is 1.17. The molecule has 0 fully saturated rings. The van der Waals surface area contributed by atoms with Crippen LogP contribution in [0.3, 0.4) is 0 Å². The van der Waals surface area contributed by atoms with Gasteiger partial charge in [0, 0.05) is 25.2 Å².